The SMILES string of the molecule is CN(C)C(=O)CN1CCN(C(=O)C2CCNCC2)CC1. The molecule has 0 unspecified atom stereocenters. The molecule has 0 bridgehead atoms. The summed E-state index contributed by atoms with van der Waals surface area (Å²) in [4.78, 5) is 29.8. The van der Waals surface area contributed by atoms with Crippen LogP contribution in [0, 0.1) is 5.92 Å². The average Bonchev–Trinajstić information content (AvgIpc) is 2.48. The Hall–Kier alpha value is -1.14. The summed E-state index contributed by atoms with van der Waals surface area (Å²) in [6.45, 7) is 5.48. The lowest BCUT2D eigenvalue weighted by atomic mass is 9.96. The zero-order valence-corrected chi connectivity index (χ0v) is 12.6. The van der Waals surface area contributed by atoms with Crippen molar-refractivity contribution in [2.24, 2.45) is 5.92 Å². The minimum Gasteiger partial charge on any atom is -0.348 e. The van der Waals surface area contributed by atoms with E-state index < -0.39 is 0 Å². The Kier molecular flexibility index (Phi) is 5.37. The Morgan fingerprint density at radius 1 is 1.10 bits per heavy atom. The lowest BCUT2D eigenvalue weighted by molar-refractivity contribution is -0.138. The molecule has 0 saturated carbocycles. The van der Waals surface area contributed by atoms with E-state index in [2.05, 4.69) is 10.2 Å². The number of carbonyl (C=O) groups excluding carboxylic acids is 2. The van der Waals surface area contributed by atoms with Crippen LogP contribution < -0.4 is 5.32 Å². The highest BCUT2D eigenvalue weighted by Crippen LogP contribution is 2.16. The van der Waals surface area contributed by atoms with Gasteiger partial charge in [-0.25, -0.2) is 0 Å². The first-order valence-electron chi connectivity index (χ1n) is 7.50. The molecule has 2 heterocycles. The van der Waals surface area contributed by atoms with Gasteiger partial charge in [-0.3, -0.25) is 14.5 Å². The van der Waals surface area contributed by atoms with Crippen molar-refractivity contribution in [3.8, 4) is 0 Å². The molecule has 2 rings (SSSR count). The number of nitrogens with one attached hydrogen (secondary N) is 1. The summed E-state index contributed by atoms with van der Waals surface area (Å²) in [5, 5.41) is 3.29. The monoisotopic (exact) mass is 282 g/mol. The van der Waals surface area contributed by atoms with Crippen LogP contribution in [-0.2, 0) is 9.59 Å². The van der Waals surface area contributed by atoms with Crippen molar-refractivity contribution in [2.45, 2.75) is 12.8 Å². The third-order valence-electron chi connectivity index (χ3n) is 4.23. The van der Waals surface area contributed by atoms with Gasteiger partial charge in [0.25, 0.3) is 0 Å². The highest BCUT2D eigenvalue weighted by Gasteiger charge is 2.28. The minimum atomic E-state index is 0.128. The van der Waals surface area contributed by atoms with Crippen molar-refractivity contribution in [3.05, 3.63) is 0 Å². The third-order valence-corrected chi connectivity index (χ3v) is 4.23. The first-order chi connectivity index (χ1) is 9.58. The number of hydrogen-bond donors (Lipinski definition) is 1. The molecule has 6 nitrogen and oxygen atoms in total. The van der Waals surface area contributed by atoms with Gasteiger partial charge in [-0.15, -0.1) is 0 Å². The first kappa shape index (κ1) is 15.3. The van der Waals surface area contributed by atoms with Crippen molar-refractivity contribution < 1.29 is 9.59 Å². The van der Waals surface area contributed by atoms with Crippen LogP contribution in [0.5, 0.6) is 0 Å². The average molecular weight is 282 g/mol. The third kappa shape index (κ3) is 3.93. The Labute approximate surface area is 121 Å². The number of nitrogens with zero attached hydrogens (tertiary/aromatic N) is 3. The molecule has 114 valence electrons. The molecule has 0 aromatic heterocycles. The second kappa shape index (κ2) is 7.04. The normalized spacial score (nSPS) is 21.8. The van der Waals surface area contributed by atoms with Gasteiger partial charge in [0.2, 0.25) is 11.8 Å². The van der Waals surface area contributed by atoms with E-state index in [-0.39, 0.29) is 11.8 Å². The number of hydrogen-bond acceptors (Lipinski definition) is 4. The lowest BCUT2D eigenvalue weighted by Gasteiger charge is -2.37. The molecule has 2 fully saturated rings. The topological polar surface area (TPSA) is 55.9 Å². The van der Waals surface area contributed by atoms with Gasteiger partial charge in [0.15, 0.2) is 0 Å². The number of amides is 2. The van der Waals surface area contributed by atoms with Crippen molar-refractivity contribution in [3.63, 3.8) is 0 Å². The summed E-state index contributed by atoms with van der Waals surface area (Å²) in [5.41, 5.74) is 0. The van der Waals surface area contributed by atoms with E-state index in [0.717, 1.165) is 52.1 Å². The molecule has 6 heteroatoms. The smallest absolute Gasteiger partial charge is 0.236 e. The van der Waals surface area contributed by atoms with Crippen LogP contribution >= 0.6 is 0 Å². The zero-order chi connectivity index (χ0) is 14.5. The molecule has 0 aromatic rings. The van der Waals surface area contributed by atoms with Crippen molar-refractivity contribution >= 4 is 11.8 Å². The molecule has 2 amide bonds. The van der Waals surface area contributed by atoms with E-state index in [4.69, 9.17) is 0 Å². The maximum absolute atomic E-state index is 12.4. The highest BCUT2D eigenvalue weighted by molar-refractivity contribution is 5.79. The van der Waals surface area contributed by atoms with Gasteiger partial charge < -0.3 is 15.1 Å². The van der Waals surface area contributed by atoms with Crippen LogP contribution in [0.25, 0.3) is 0 Å². The van der Waals surface area contributed by atoms with Crippen LogP contribution in [0.4, 0.5) is 0 Å². The van der Waals surface area contributed by atoms with E-state index in [1.54, 1.807) is 19.0 Å². The molecule has 0 aromatic carbocycles. The number of piperidine rings is 1. The number of rotatable bonds is 3. The fourth-order valence-corrected chi connectivity index (χ4v) is 2.79. The highest BCUT2D eigenvalue weighted by atomic mass is 16.2. The summed E-state index contributed by atoms with van der Waals surface area (Å²) in [7, 11) is 3.55. The molecule has 2 aliphatic heterocycles. The predicted molar refractivity (Wildman–Crippen MR) is 77.3 cm³/mol. The Bertz CT molecular complexity index is 345. The fraction of sp³-hybridized carbons (Fsp3) is 0.857. The minimum absolute atomic E-state index is 0.128. The number of likely N-dealkylation sites (N-methyl/N-ethyl adjacent to an activating group) is 1. The molecule has 20 heavy (non-hydrogen) atoms. The summed E-state index contributed by atoms with van der Waals surface area (Å²) >= 11 is 0. The van der Waals surface area contributed by atoms with Crippen LogP contribution in [0.15, 0.2) is 0 Å². The van der Waals surface area contributed by atoms with Gasteiger partial charge >= 0.3 is 0 Å². The quantitative estimate of drug-likeness (QED) is 0.738. The molecular formula is C14H26N4O2. The molecule has 0 atom stereocenters. The standard InChI is InChI=1S/C14H26N4O2/c1-16(2)13(19)11-17-7-9-18(10-8-17)14(20)12-3-5-15-6-4-12/h12,15H,3-11H2,1-2H3. The van der Waals surface area contributed by atoms with Gasteiger partial charge in [0, 0.05) is 46.2 Å². The van der Waals surface area contributed by atoms with Gasteiger partial charge in [-0.2, -0.15) is 0 Å². The van der Waals surface area contributed by atoms with Gasteiger partial charge in [-0.05, 0) is 25.9 Å². The molecule has 0 radical (unpaired) electrons. The van der Waals surface area contributed by atoms with Gasteiger partial charge in [0.05, 0.1) is 6.54 Å². The van der Waals surface area contributed by atoms with E-state index in [1.165, 1.54) is 0 Å². The van der Waals surface area contributed by atoms with Crippen LogP contribution in [0.1, 0.15) is 12.8 Å². The molecule has 0 spiro atoms. The molecule has 2 aliphatic rings. The second-order valence-electron chi connectivity index (χ2n) is 5.91. The molecule has 0 aliphatic carbocycles. The van der Waals surface area contributed by atoms with E-state index in [0.29, 0.717) is 12.5 Å². The fourth-order valence-electron chi connectivity index (χ4n) is 2.79. The zero-order valence-electron chi connectivity index (χ0n) is 12.6. The van der Waals surface area contributed by atoms with Crippen molar-refractivity contribution in [1.82, 2.24) is 20.0 Å². The van der Waals surface area contributed by atoms with Crippen LogP contribution in [0.3, 0.4) is 0 Å². The number of piperazine rings is 1. The Morgan fingerprint density at radius 3 is 2.25 bits per heavy atom. The Morgan fingerprint density at radius 2 is 1.70 bits per heavy atom. The first-order valence-corrected chi connectivity index (χ1v) is 7.50. The van der Waals surface area contributed by atoms with E-state index >= 15 is 0 Å². The van der Waals surface area contributed by atoms with Crippen molar-refractivity contribution in [2.75, 3.05) is 59.9 Å². The van der Waals surface area contributed by atoms with Crippen LogP contribution in [-0.4, -0.2) is 86.4 Å². The van der Waals surface area contributed by atoms with Gasteiger partial charge in [0.1, 0.15) is 0 Å². The lowest BCUT2D eigenvalue weighted by Crippen LogP contribution is -2.53. The molecular weight excluding hydrogens is 256 g/mol. The maximum atomic E-state index is 12.4. The van der Waals surface area contributed by atoms with Crippen LogP contribution in [0.2, 0.25) is 0 Å². The molecule has 2 saturated heterocycles. The predicted octanol–water partition coefficient (Wildman–Crippen LogP) is -0.782. The second-order valence-corrected chi connectivity index (χ2v) is 5.91. The van der Waals surface area contributed by atoms with E-state index in [9.17, 15) is 9.59 Å². The summed E-state index contributed by atoms with van der Waals surface area (Å²) < 4.78 is 0. The van der Waals surface area contributed by atoms with Crippen molar-refractivity contribution in [1.29, 1.82) is 0 Å². The summed E-state index contributed by atoms with van der Waals surface area (Å²) in [6, 6.07) is 0. The van der Waals surface area contributed by atoms with E-state index in [1.807, 2.05) is 4.90 Å². The maximum Gasteiger partial charge on any atom is 0.236 e. The van der Waals surface area contributed by atoms with Gasteiger partial charge in [-0.1, -0.05) is 0 Å². The Balaban J connectivity index is 1.76. The molecule has 1 N–H and O–H groups in total. The largest absolute Gasteiger partial charge is 0.348 e. The summed E-state index contributed by atoms with van der Waals surface area (Å²) in [5.74, 6) is 0.638. The summed E-state index contributed by atoms with van der Waals surface area (Å²) in [6.07, 6.45) is 1.91. The number of carbonyl (C=O) groups is 2.